The number of ether oxygens (including phenoxy) is 5. The monoisotopic (exact) mass is 1790 g/mol. The molecule has 5 aromatic carbocycles. The van der Waals surface area contributed by atoms with Crippen LogP contribution in [0.3, 0.4) is 0 Å². The smallest absolute Gasteiger partial charge is 0.618 e. The van der Waals surface area contributed by atoms with E-state index < -0.39 is 37.0 Å². The second-order valence-corrected chi connectivity index (χ2v) is 32.7. The molecule has 0 unspecified atom stereocenters. The van der Waals surface area contributed by atoms with Crippen molar-refractivity contribution in [3.05, 3.63) is 305 Å². The van der Waals surface area contributed by atoms with Crippen LogP contribution in [0.25, 0.3) is 81.9 Å². The first-order valence-electron chi connectivity index (χ1n) is 35.9. The number of aromatic nitrogens is 5. The normalized spacial score (nSPS) is 10.4. The molecule has 0 saturated carbocycles. The SMILES string of the molecule is C.C.C.CC(C)(C)c1ccc(B(O)O)cc1.COC(=O)c1c(N=[N+]=[N-])cc(-c2ccc(C(C)(C)C)cc2)nc1Cl.COC(=O)c1c[n+]([O-])c(-c2ccc(C(C)(C)C)cc2)cc1Cl.COC(=O)c1c[n+]([O-])c(-c2ccc(C(C)(C)C)cc2)cc1N=[N+]=[N-].COC(=O)c1cnc(-c2ccc(C(C)(C)C)cc2)cc1Cl.COC(=O)c1cnc(Cl)cc1Cl.[N-]=[N+]=[N-].[Na+]. The Labute approximate surface area is 766 Å². The van der Waals surface area contributed by atoms with E-state index in [1.165, 1.54) is 99.4 Å². The molecular formula is C88H103BCl5N14NaO14. The number of hydrogen-bond acceptors (Lipinski definition) is 19. The largest absolute Gasteiger partial charge is 1.00 e. The van der Waals surface area contributed by atoms with Crippen LogP contribution in [0.15, 0.2) is 187 Å². The zero-order valence-corrected chi connectivity index (χ0v) is 76.0. The Kier molecular flexibility index (Phi) is 46.2. The maximum Gasteiger partial charge on any atom is 1.00 e. The van der Waals surface area contributed by atoms with Gasteiger partial charge in [-0.1, -0.05) is 291 Å². The van der Waals surface area contributed by atoms with Crippen molar-refractivity contribution in [2.45, 2.75) is 153 Å². The Balaban J connectivity index is 0.00000145. The predicted molar refractivity (Wildman–Crippen MR) is 485 cm³/mol. The van der Waals surface area contributed by atoms with Crippen LogP contribution in [0.4, 0.5) is 11.4 Å². The molecule has 0 radical (unpaired) electrons. The molecule has 648 valence electrons. The van der Waals surface area contributed by atoms with Gasteiger partial charge in [-0.15, -0.1) is 0 Å². The van der Waals surface area contributed by atoms with Gasteiger partial charge in [-0.2, -0.15) is 9.46 Å². The molecule has 0 fully saturated rings. The van der Waals surface area contributed by atoms with Gasteiger partial charge in [0.1, 0.15) is 27.0 Å². The van der Waals surface area contributed by atoms with Crippen molar-refractivity contribution < 1.29 is 96.7 Å². The molecule has 0 amide bonds. The number of carbonyl (C=O) groups is 5. The second kappa shape index (κ2) is 50.7. The van der Waals surface area contributed by atoms with Crippen LogP contribution in [-0.2, 0) is 50.8 Å². The number of methoxy groups -OCH3 is 5. The van der Waals surface area contributed by atoms with Gasteiger partial charge in [0.05, 0.1) is 84.5 Å². The van der Waals surface area contributed by atoms with Gasteiger partial charge in [0.15, 0.2) is 12.4 Å². The first-order chi connectivity index (χ1) is 55.6. The Morgan fingerprint density at radius 1 is 0.407 bits per heavy atom. The Bertz CT molecular complexity index is 5360. The van der Waals surface area contributed by atoms with Gasteiger partial charge in [-0.05, 0) is 114 Å². The molecule has 123 heavy (non-hydrogen) atoms. The number of rotatable bonds is 12. The maximum absolute atomic E-state index is 12.3. The first kappa shape index (κ1) is 112. The van der Waals surface area contributed by atoms with E-state index in [-0.39, 0.29) is 144 Å². The van der Waals surface area contributed by atoms with Gasteiger partial charge < -0.3 is 55.2 Å². The number of esters is 5. The van der Waals surface area contributed by atoms with Crippen LogP contribution >= 0.6 is 58.0 Å². The van der Waals surface area contributed by atoms with E-state index >= 15 is 0 Å². The molecule has 5 aromatic heterocycles. The fourth-order valence-corrected chi connectivity index (χ4v) is 11.6. The van der Waals surface area contributed by atoms with Crippen molar-refractivity contribution in [1.29, 1.82) is 0 Å². The van der Waals surface area contributed by atoms with Crippen molar-refractivity contribution in [2.24, 2.45) is 10.2 Å². The summed E-state index contributed by atoms with van der Waals surface area (Å²) in [4.78, 5) is 76.6. The summed E-state index contributed by atoms with van der Waals surface area (Å²) in [5, 5.41) is 50.1. The van der Waals surface area contributed by atoms with E-state index in [0.29, 0.717) is 36.9 Å². The summed E-state index contributed by atoms with van der Waals surface area (Å²) in [7, 11) is 4.88. The molecular weight excluding hydrogens is 1690 g/mol. The fraction of sp³-hybridized carbons (Fsp3) is 0.318. The third-order valence-electron chi connectivity index (χ3n) is 17.2. The third kappa shape index (κ3) is 33.4. The molecule has 10 rings (SSSR count). The number of hydrogen-bond donors (Lipinski definition) is 2. The zero-order valence-electron chi connectivity index (χ0n) is 70.3. The minimum absolute atomic E-state index is 0. The summed E-state index contributed by atoms with van der Waals surface area (Å²) in [6, 6.07) is 46.0. The summed E-state index contributed by atoms with van der Waals surface area (Å²) in [6.45, 7) is 31.9. The molecule has 2 N–H and O–H groups in total. The van der Waals surface area contributed by atoms with E-state index in [4.69, 9.17) is 90.2 Å². The molecule has 0 aliphatic carbocycles. The van der Waals surface area contributed by atoms with Crippen molar-refractivity contribution in [3.63, 3.8) is 0 Å². The molecule has 0 spiro atoms. The summed E-state index contributed by atoms with van der Waals surface area (Å²) < 4.78 is 24.2. The van der Waals surface area contributed by atoms with Crippen LogP contribution in [0.5, 0.6) is 0 Å². The zero-order chi connectivity index (χ0) is 89.8. The molecule has 0 aliphatic heterocycles. The van der Waals surface area contributed by atoms with Crippen molar-refractivity contribution in [1.82, 2.24) is 15.0 Å². The van der Waals surface area contributed by atoms with Gasteiger partial charge in [-0.3, -0.25) is 9.90 Å². The van der Waals surface area contributed by atoms with Crippen molar-refractivity contribution in [2.75, 3.05) is 35.5 Å². The van der Waals surface area contributed by atoms with E-state index in [0.717, 1.165) is 40.3 Å². The van der Waals surface area contributed by atoms with Crippen molar-refractivity contribution in [3.8, 4) is 45.0 Å². The fourth-order valence-electron chi connectivity index (χ4n) is 10.4. The first-order valence-corrected chi connectivity index (χ1v) is 37.8. The van der Waals surface area contributed by atoms with E-state index in [9.17, 15) is 34.4 Å². The molecule has 10 aromatic rings. The number of halogens is 5. The van der Waals surface area contributed by atoms with Crippen molar-refractivity contribution >= 4 is 112 Å². The molecule has 28 nitrogen and oxygen atoms in total. The number of pyridine rings is 5. The van der Waals surface area contributed by atoms with Crippen LogP contribution in [0, 0.1) is 10.4 Å². The van der Waals surface area contributed by atoms with Gasteiger partial charge >= 0.3 is 66.5 Å². The summed E-state index contributed by atoms with van der Waals surface area (Å²) in [5.41, 5.74) is 43.2. The number of azide groups is 2. The van der Waals surface area contributed by atoms with E-state index in [2.05, 4.69) is 175 Å². The van der Waals surface area contributed by atoms with Gasteiger partial charge in [0.2, 0.25) is 11.4 Å². The van der Waals surface area contributed by atoms with E-state index in [1.807, 2.05) is 97.1 Å². The molecule has 0 atom stereocenters. The average molecular weight is 1790 g/mol. The van der Waals surface area contributed by atoms with E-state index in [1.54, 1.807) is 18.2 Å². The topological polar surface area (TPSA) is 421 Å². The number of nitrogens with zero attached hydrogens (tertiary/aromatic N) is 14. The molecule has 0 aliphatic rings. The Hall–Kier alpha value is -10.8. The minimum atomic E-state index is -1.37. The maximum atomic E-state index is 12.3. The minimum Gasteiger partial charge on any atom is -0.618 e. The molecule has 5 heterocycles. The van der Waals surface area contributed by atoms with Crippen LogP contribution in [0.2, 0.25) is 25.4 Å². The summed E-state index contributed by atoms with van der Waals surface area (Å²) >= 11 is 29.5. The van der Waals surface area contributed by atoms with Crippen LogP contribution in [-0.4, -0.2) is 97.5 Å². The molecule has 0 bridgehead atoms. The molecule has 35 heteroatoms. The standard InChI is InChI=1S/C17H17ClN4O2.C17H18ClNO3.C17H18ClNO2.C17H18N4O3.C10H15BO2.C7H5Cl2NO2.3CH4.N3.Na/c1-17(2,3)11-7-5-10(6-8-11)12-9-13(21-22-19)14(15(18)20-12)16(23)24-4;1-17(2,3)12-7-5-11(6-8-12)15-9-14(18)13(10-19(15)21)16(20)22-4;1-17(2,3)12-7-5-11(6-8-12)15-9-14(18)13(10-19-15)16(20)21-4;1-17(2,3)12-7-5-11(6-8-12)15-9-14(19-20-18)13(10-21(15)23)16(22)24-4;1-10(2,3)8-4-6-9(7-5-8)11(12)13;1-12-7(11)4-3-10-6(9)2-5(4)8;;;;1-3-2;/h5-9H,1-4H3;5-10H,1-4H3;5-10H,1-4H3;5-10H,1-4H3;4-7,12-13H,1-3H3;2-3H,1H3;3*1H4;;/q;;;;;;;;;-1;+1. The number of carbonyl (C=O) groups excluding carboxylic acids is 5. The van der Waals surface area contributed by atoms with Crippen LogP contribution < -0.4 is 44.5 Å². The summed E-state index contributed by atoms with van der Waals surface area (Å²) in [6.07, 6.45) is 4.92. The average Bonchev–Trinajstić information content (AvgIpc) is 0.800. The molecule has 0 saturated heterocycles. The number of benzene rings is 5. The predicted octanol–water partition coefficient (Wildman–Crippen LogP) is 20.3. The summed E-state index contributed by atoms with van der Waals surface area (Å²) in [5.74, 6) is -3.09. The Morgan fingerprint density at radius 2 is 0.707 bits per heavy atom. The van der Waals surface area contributed by atoms with Gasteiger partial charge in [0.25, 0.3) is 0 Å². The quantitative estimate of drug-likeness (QED) is 0.0132. The van der Waals surface area contributed by atoms with Crippen LogP contribution in [0.1, 0.15) is 206 Å². The second-order valence-electron chi connectivity index (χ2n) is 30.7. The van der Waals surface area contributed by atoms with Gasteiger partial charge in [0, 0.05) is 56.6 Å². The third-order valence-corrected chi connectivity index (χ3v) is 18.7. The van der Waals surface area contributed by atoms with Gasteiger partial charge in [-0.25, -0.2) is 33.9 Å². The Morgan fingerprint density at radius 3 is 1.05 bits per heavy atom.